The minimum atomic E-state index is -0.150. The third-order valence-corrected chi connectivity index (χ3v) is 10.9. The fourth-order valence-corrected chi connectivity index (χ4v) is 7.98. The van der Waals surface area contributed by atoms with E-state index in [0.29, 0.717) is 0 Å². The average molecular weight is 717 g/mol. The summed E-state index contributed by atoms with van der Waals surface area (Å²) in [5.41, 5.74) is 11.7. The molecule has 0 amide bonds. The number of rotatable bonds is 6. The van der Waals surface area contributed by atoms with Crippen molar-refractivity contribution in [2.45, 2.75) is 52.4 Å². The molecule has 2 aliphatic heterocycles. The van der Waals surface area contributed by atoms with Gasteiger partial charge in [-0.05, 0) is 99.6 Å². The summed E-state index contributed by atoms with van der Waals surface area (Å²) < 4.78 is 14.5. The molecule has 0 N–H and O–H groups in total. The lowest BCUT2D eigenvalue weighted by Crippen LogP contribution is -2.58. The van der Waals surface area contributed by atoms with Gasteiger partial charge in [0.2, 0.25) is 0 Å². The van der Waals surface area contributed by atoms with Gasteiger partial charge in [0, 0.05) is 28.2 Å². The first kappa shape index (κ1) is 34.6. The number of benzene rings is 7. The molecule has 0 radical (unpaired) electrons. The normalized spacial score (nSPS) is 12.8. The van der Waals surface area contributed by atoms with E-state index < -0.39 is 0 Å². The molecule has 0 saturated heterocycles. The predicted molar refractivity (Wildman–Crippen MR) is 231 cm³/mol. The van der Waals surface area contributed by atoms with Crippen molar-refractivity contribution in [3.63, 3.8) is 0 Å². The minimum absolute atomic E-state index is 0.0543. The van der Waals surface area contributed by atoms with Crippen LogP contribution in [0.15, 0.2) is 164 Å². The highest BCUT2D eigenvalue weighted by molar-refractivity contribution is 6.98. The zero-order valence-corrected chi connectivity index (χ0v) is 32.4. The maximum absolute atomic E-state index is 7.27. The van der Waals surface area contributed by atoms with Gasteiger partial charge in [0.15, 0.2) is 11.5 Å². The van der Waals surface area contributed by atoms with Crippen LogP contribution in [0.3, 0.4) is 0 Å². The Bertz CT molecular complexity index is 2260. The summed E-state index contributed by atoms with van der Waals surface area (Å²) >= 11 is 0. The van der Waals surface area contributed by atoms with Crippen LogP contribution in [0.2, 0.25) is 0 Å². The van der Waals surface area contributed by atoms with Crippen LogP contribution in [0.4, 0.5) is 34.1 Å². The Morgan fingerprint density at radius 3 is 1.04 bits per heavy atom. The monoisotopic (exact) mass is 716 g/mol. The molecule has 7 aromatic carbocycles. The SMILES string of the molecule is CC(C)(C)c1ccc2c(c1)B1c3cc(C(C)(C)C)ccc3Oc3c(N(c4ccccc4)c4ccccc4)cc(N(c4ccccc4)c4ccccc4)c(c31)O2. The molecule has 0 unspecified atom stereocenters. The maximum Gasteiger partial charge on any atom is 0.260 e. The zero-order valence-electron chi connectivity index (χ0n) is 32.4. The van der Waals surface area contributed by atoms with Gasteiger partial charge in [0.1, 0.15) is 11.5 Å². The van der Waals surface area contributed by atoms with Gasteiger partial charge in [-0.3, -0.25) is 0 Å². The van der Waals surface area contributed by atoms with Gasteiger partial charge in [-0.25, -0.2) is 0 Å². The standard InChI is InChI=1S/C50H45BN2O2/c1-49(2,3)34-27-29-44-40(31-34)51-41-32-35(50(4,5)6)28-30-45(41)55-48-43(53(38-23-15-9-16-24-38)39-25-17-10-18-26-39)33-42(47(54-44)46(48)51)52(36-19-11-7-12-20-36)37-21-13-8-14-22-37/h7-33H,1-6H3. The van der Waals surface area contributed by atoms with Crippen molar-refractivity contribution in [3.8, 4) is 23.0 Å². The van der Waals surface area contributed by atoms with Crippen LogP contribution in [0, 0.1) is 0 Å². The Labute approximate surface area is 325 Å². The lowest BCUT2D eigenvalue weighted by atomic mass is 9.34. The van der Waals surface area contributed by atoms with Gasteiger partial charge >= 0.3 is 0 Å². The zero-order chi connectivity index (χ0) is 37.9. The molecule has 0 saturated carbocycles. The molecule has 0 fully saturated rings. The highest BCUT2D eigenvalue weighted by Gasteiger charge is 2.45. The summed E-state index contributed by atoms with van der Waals surface area (Å²) in [4.78, 5) is 4.64. The van der Waals surface area contributed by atoms with Gasteiger partial charge in [0.25, 0.3) is 6.71 Å². The molecule has 4 nitrogen and oxygen atoms in total. The average Bonchev–Trinajstić information content (AvgIpc) is 3.19. The molecule has 5 heteroatoms. The Morgan fingerprint density at radius 1 is 0.400 bits per heavy atom. The summed E-state index contributed by atoms with van der Waals surface area (Å²) in [6.07, 6.45) is 0. The number of hydrogen-bond acceptors (Lipinski definition) is 4. The second-order valence-corrected chi connectivity index (χ2v) is 16.6. The number of nitrogens with zero attached hydrogens (tertiary/aromatic N) is 2. The third-order valence-electron chi connectivity index (χ3n) is 10.9. The number of fused-ring (bicyclic) bond motifs is 4. The number of anilines is 6. The summed E-state index contributed by atoms with van der Waals surface area (Å²) in [6, 6.07) is 58.1. The molecule has 9 rings (SSSR count). The Hall–Kier alpha value is -6.20. The lowest BCUT2D eigenvalue weighted by molar-refractivity contribution is 0.465. The second kappa shape index (κ2) is 13.3. The van der Waals surface area contributed by atoms with Gasteiger partial charge in [-0.15, -0.1) is 0 Å². The number of hydrogen-bond donors (Lipinski definition) is 0. The summed E-state index contributed by atoms with van der Waals surface area (Å²) in [7, 11) is 0. The van der Waals surface area contributed by atoms with Crippen molar-refractivity contribution >= 4 is 57.2 Å². The van der Waals surface area contributed by atoms with E-state index in [4.69, 9.17) is 9.47 Å². The largest absolute Gasteiger partial charge is 0.456 e. The molecule has 0 aliphatic carbocycles. The van der Waals surface area contributed by atoms with Gasteiger partial charge in [-0.1, -0.05) is 139 Å². The Balaban J connectivity index is 1.43. The smallest absolute Gasteiger partial charge is 0.260 e. The van der Waals surface area contributed by atoms with E-state index in [1.807, 2.05) is 0 Å². The van der Waals surface area contributed by atoms with Crippen LogP contribution < -0.4 is 35.7 Å². The van der Waals surface area contributed by atoms with Gasteiger partial charge in [0.05, 0.1) is 11.4 Å². The van der Waals surface area contributed by atoms with Crippen LogP contribution in [0.25, 0.3) is 0 Å². The van der Waals surface area contributed by atoms with Crippen LogP contribution in [0.1, 0.15) is 52.7 Å². The van der Waals surface area contributed by atoms with Crippen molar-refractivity contribution in [1.82, 2.24) is 0 Å². The van der Waals surface area contributed by atoms with E-state index in [1.54, 1.807) is 0 Å². The van der Waals surface area contributed by atoms with Gasteiger partial charge in [-0.2, -0.15) is 0 Å². The topological polar surface area (TPSA) is 24.9 Å². The predicted octanol–water partition coefficient (Wildman–Crippen LogP) is 11.9. The van der Waals surface area contributed by atoms with E-state index in [-0.39, 0.29) is 17.5 Å². The summed E-state index contributed by atoms with van der Waals surface area (Å²) in [5.74, 6) is 3.31. The molecular weight excluding hydrogens is 671 g/mol. The minimum Gasteiger partial charge on any atom is -0.456 e. The van der Waals surface area contributed by atoms with E-state index in [0.717, 1.165) is 73.5 Å². The van der Waals surface area contributed by atoms with Crippen molar-refractivity contribution in [3.05, 3.63) is 175 Å². The van der Waals surface area contributed by atoms with Crippen molar-refractivity contribution in [1.29, 1.82) is 0 Å². The Kier molecular flexibility index (Phi) is 8.35. The molecule has 0 atom stereocenters. The fraction of sp³-hybridized carbons (Fsp3) is 0.160. The number of para-hydroxylation sites is 4. The first-order valence-electron chi connectivity index (χ1n) is 19.2. The molecule has 2 heterocycles. The third kappa shape index (κ3) is 6.14. The van der Waals surface area contributed by atoms with Crippen molar-refractivity contribution in [2.24, 2.45) is 0 Å². The Morgan fingerprint density at radius 2 is 0.727 bits per heavy atom. The highest BCUT2D eigenvalue weighted by Crippen LogP contribution is 2.52. The lowest BCUT2D eigenvalue weighted by Gasteiger charge is -2.40. The molecular formula is C50H45BN2O2. The molecule has 270 valence electrons. The molecule has 7 aromatic rings. The first-order valence-corrected chi connectivity index (χ1v) is 19.2. The molecule has 0 aromatic heterocycles. The summed E-state index contributed by atoms with van der Waals surface area (Å²) in [6.45, 7) is 13.5. The van der Waals surface area contributed by atoms with E-state index in [2.05, 4.69) is 215 Å². The second-order valence-electron chi connectivity index (χ2n) is 16.6. The molecule has 2 aliphatic rings. The van der Waals surface area contributed by atoms with Gasteiger partial charge < -0.3 is 19.3 Å². The van der Waals surface area contributed by atoms with Crippen LogP contribution >= 0.6 is 0 Å². The van der Waals surface area contributed by atoms with Crippen LogP contribution in [-0.4, -0.2) is 6.71 Å². The van der Waals surface area contributed by atoms with Crippen LogP contribution in [0.5, 0.6) is 23.0 Å². The quantitative estimate of drug-likeness (QED) is 0.160. The molecule has 0 bridgehead atoms. The molecule has 0 spiro atoms. The fourth-order valence-electron chi connectivity index (χ4n) is 7.98. The van der Waals surface area contributed by atoms with Crippen LogP contribution in [-0.2, 0) is 10.8 Å². The van der Waals surface area contributed by atoms with E-state index in [1.165, 1.54) is 11.1 Å². The van der Waals surface area contributed by atoms with Crippen molar-refractivity contribution in [2.75, 3.05) is 9.80 Å². The molecule has 55 heavy (non-hydrogen) atoms. The maximum atomic E-state index is 7.27. The van der Waals surface area contributed by atoms with E-state index in [9.17, 15) is 0 Å². The van der Waals surface area contributed by atoms with Crippen molar-refractivity contribution < 1.29 is 9.47 Å². The van der Waals surface area contributed by atoms with E-state index >= 15 is 0 Å². The summed E-state index contributed by atoms with van der Waals surface area (Å²) in [5, 5.41) is 0. The number of ether oxygens (including phenoxy) is 2. The first-order chi connectivity index (χ1) is 26.6. The highest BCUT2D eigenvalue weighted by atomic mass is 16.5.